The standard InChI is InChI=1S/C26H29N3O4S/c1-18(2)29(26(31)27-21-7-4-6-19(3)12-21)16-25(30)28(15-22-8-5-11-34-22)14-20-9-10-23-24(13-20)33-17-32-23/h4-13,18H,14-17H2,1-3H3,(H,27,31). The van der Waals surface area contributed by atoms with Gasteiger partial charge < -0.3 is 24.6 Å². The topological polar surface area (TPSA) is 71.1 Å². The molecule has 0 unspecified atom stereocenters. The van der Waals surface area contributed by atoms with Crippen LogP contribution in [-0.2, 0) is 17.9 Å². The molecule has 0 saturated carbocycles. The third kappa shape index (κ3) is 5.88. The molecule has 1 N–H and O–H groups in total. The number of ether oxygens (including phenoxy) is 2. The van der Waals surface area contributed by atoms with Gasteiger partial charge in [0.05, 0.1) is 6.54 Å². The number of thiophene rings is 1. The molecule has 0 bridgehead atoms. The van der Waals surface area contributed by atoms with E-state index in [4.69, 9.17) is 9.47 Å². The monoisotopic (exact) mass is 479 g/mol. The first kappa shape index (κ1) is 23.6. The number of rotatable bonds is 8. The number of anilines is 1. The van der Waals surface area contributed by atoms with Crippen molar-refractivity contribution in [1.29, 1.82) is 0 Å². The smallest absolute Gasteiger partial charge is 0.322 e. The number of carbonyl (C=O) groups is 2. The number of urea groups is 1. The molecule has 2 heterocycles. The molecule has 3 amide bonds. The highest BCUT2D eigenvalue weighted by Crippen LogP contribution is 2.33. The summed E-state index contributed by atoms with van der Waals surface area (Å²) in [5, 5.41) is 4.91. The number of hydrogen-bond donors (Lipinski definition) is 1. The molecule has 0 fully saturated rings. The molecule has 0 saturated heterocycles. The Balaban J connectivity index is 1.50. The molecule has 8 heteroatoms. The van der Waals surface area contributed by atoms with Gasteiger partial charge in [-0.2, -0.15) is 0 Å². The molecule has 0 aliphatic carbocycles. The minimum absolute atomic E-state index is 0.0226. The van der Waals surface area contributed by atoms with Crippen molar-refractivity contribution in [1.82, 2.24) is 9.80 Å². The summed E-state index contributed by atoms with van der Waals surface area (Å²) in [6.45, 7) is 6.84. The Morgan fingerprint density at radius 2 is 1.85 bits per heavy atom. The van der Waals surface area contributed by atoms with Crippen molar-refractivity contribution in [2.45, 2.75) is 39.9 Å². The molecule has 3 aromatic rings. The molecule has 178 valence electrons. The molecule has 0 spiro atoms. The number of aryl methyl sites for hydroxylation is 1. The first-order valence-corrected chi connectivity index (χ1v) is 12.1. The van der Waals surface area contributed by atoms with E-state index in [0.717, 1.165) is 16.0 Å². The van der Waals surface area contributed by atoms with E-state index in [-0.39, 0.29) is 31.3 Å². The van der Waals surface area contributed by atoms with Crippen LogP contribution in [0.2, 0.25) is 0 Å². The Morgan fingerprint density at radius 3 is 2.59 bits per heavy atom. The maximum absolute atomic E-state index is 13.5. The van der Waals surface area contributed by atoms with Gasteiger partial charge in [0.1, 0.15) is 6.54 Å². The van der Waals surface area contributed by atoms with E-state index in [1.165, 1.54) is 0 Å². The summed E-state index contributed by atoms with van der Waals surface area (Å²) in [4.78, 5) is 30.9. The summed E-state index contributed by atoms with van der Waals surface area (Å²) < 4.78 is 10.9. The maximum Gasteiger partial charge on any atom is 0.322 e. The van der Waals surface area contributed by atoms with Crippen molar-refractivity contribution in [3.8, 4) is 11.5 Å². The van der Waals surface area contributed by atoms with Crippen LogP contribution >= 0.6 is 11.3 Å². The van der Waals surface area contributed by atoms with E-state index in [0.29, 0.717) is 30.3 Å². The first-order valence-electron chi connectivity index (χ1n) is 11.2. The molecular formula is C26H29N3O4S. The zero-order valence-corrected chi connectivity index (χ0v) is 20.4. The Labute approximate surface area is 203 Å². The number of amides is 3. The van der Waals surface area contributed by atoms with E-state index >= 15 is 0 Å². The van der Waals surface area contributed by atoms with E-state index in [9.17, 15) is 9.59 Å². The third-order valence-electron chi connectivity index (χ3n) is 5.55. The molecule has 0 radical (unpaired) electrons. The SMILES string of the molecule is Cc1cccc(NC(=O)N(CC(=O)N(Cc2ccc3c(c2)OCO3)Cc2cccs2)C(C)C)c1. The predicted octanol–water partition coefficient (Wildman–Crippen LogP) is 5.26. The third-order valence-corrected chi connectivity index (χ3v) is 6.41. The minimum atomic E-state index is -0.298. The normalized spacial score (nSPS) is 12.0. The number of hydrogen-bond acceptors (Lipinski definition) is 5. The number of fused-ring (bicyclic) bond motifs is 1. The molecule has 2 aromatic carbocycles. The number of nitrogens with zero attached hydrogens (tertiary/aromatic N) is 2. The van der Waals surface area contributed by atoms with Gasteiger partial charge in [-0.1, -0.05) is 24.3 Å². The minimum Gasteiger partial charge on any atom is -0.454 e. The van der Waals surface area contributed by atoms with E-state index in [1.54, 1.807) is 21.1 Å². The number of nitrogens with one attached hydrogen (secondary N) is 1. The lowest BCUT2D eigenvalue weighted by atomic mass is 10.2. The van der Waals surface area contributed by atoms with Gasteiger partial charge in [0.15, 0.2) is 11.5 Å². The summed E-state index contributed by atoms with van der Waals surface area (Å²) in [5.41, 5.74) is 2.70. The van der Waals surface area contributed by atoms with Crippen molar-refractivity contribution in [3.63, 3.8) is 0 Å². The lowest BCUT2D eigenvalue weighted by Crippen LogP contribution is -2.47. The molecule has 34 heavy (non-hydrogen) atoms. The predicted molar refractivity (Wildman–Crippen MR) is 133 cm³/mol. The molecule has 1 aliphatic heterocycles. The molecule has 4 rings (SSSR count). The van der Waals surface area contributed by atoms with Crippen LogP contribution < -0.4 is 14.8 Å². The van der Waals surface area contributed by atoms with Crippen LogP contribution in [-0.4, -0.2) is 41.1 Å². The molecular weight excluding hydrogens is 450 g/mol. The summed E-state index contributed by atoms with van der Waals surface area (Å²) in [6, 6.07) is 16.8. The quantitative estimate of drug-likeness (QED) is 0.479. The van der Waals surface area contributed by atoms with Gasteiger partial charge in [-0.05, 0) is 67.6 Å². The highest BCUT2D eigenvalue weighted by atomic mass is 32.1. The molecule has 1 aromatic heterocycles. The Hall–Kier alpha value is -3.52. The van der Waals surface area contributed by atoms with Crippen LogP contribution in [0.5, 0.6) is 11.5 Å². The fourth-order valence-corrected chi connectivity index (χ4v) is 4.45. The van der Waals surface area contributed by atoms with Crippen LogP contribution in [0.1, 0.15) is 29.9 Å². The van der Waals surface area contributed by atoms with Crippen LogP contribution in [0.15, 0.2) is 60.0 Å². The van der Waals surface area contributed by atoms with E-state index in [2.05, 4.69) is 5.32 Å². The summed E-state index contributed by atoms with van der Waals surface area (Å²) in [6.07, 6.45) is 0. The van der Waals surface area contributed by atoms with Crippen molar-refractivity contribution in [3.05, 3.63) is 76.0 Å². The fraction of sp³-hybridized carbons (Fsp3) is 0.308. The van der Waals surface area contributed by atoms with Crippen LogP contribution in [0.3, 0.4) is 0 Å². The summed E-state index contributed by atoms with van der Waals surface area (Å²) in [5.74, 6) is 1.26. The van der Waals surface area contributed by atoms with E-state index < -0.39 is 0 Å². The van der Waals surface area contributed by atoms with Gasteiger partial charge in [0, 0.05) is 23.2 Å². The molecule has 1 aliphatic rings. The van der Waals surface area contributed by atoms with Gasteiger partial charge in [0.25, 0.3) is 0 Å². The van der Waals surface area contributed by atoms with Crippen molar-refractivity contribution < 1.29 is 19.1 Å². The average molecular weight is 480 g/mol. The van der Waals surface area contributed by atoms with Crippen LogP contribution in [0.25, 0.3) is 0 Å². The van der Waals surface area contributed by atoms with Crippen molar-refractivity contribution in [2.75, 3.05) is 18.7 Å². The second-order valence-electron chi connectivity index (χ2n) is 8.54. The first-order chi connectivity index (χ1) is 16.4. The fourth-order valence-electron chi connectivity index (χ4n) is 3.74. The summed E-state index contributed by atoms with van der Waals surface area (Å²) >= 11 is 1.60. The van der Waals surface area contributed by atoms with Gasteiger partial charge >= 0.3 is 6.03 Å². The van der Waals surface area contributed by atoms with Crippen LogP contribution in [0.4, 0.5) is 10.5 Å². The summed E-state index contributed by atoms with van der Waals surface area (Å²) in [7, 11) is 0. The van der Waals surface area contributed by atoms with Crippen molar-refractivity contribution in [2.24, 2.45) is 0 Å². The van der Waals surface area contributed by atoms with Gasteiger partial charge in [-0.3, -0.25) is 4.79 Å². The number of benzene rings is 2. The second kappa shape index (κ2) is 10.6. The molecule has 0 atom stereocenters. The maximum atomic E-state index is 13.5. The van der Waals surface area contributed by atoms with E-state index in [1.807, 2.05) is 80.7 Å². The molecule has 7 nitrogen and oxygen atoms in total. The Bertz CT molecular complexity index is 1150. The van der Waals surface area contributed by atoms with Gasteiger partial charge in [-0.15, -0.1) is 11.3 Å². The Morgan fingerprint density at radius 1 is 1.03 bits per heavy atom. The van der Waals surface area contributed by atoms with Crippen LogP contribution in [0, 0.1) is 6.92 Å². The Kier molecular flexibility index (Phi) is 7.37. The van der Waals surface area contributed by atoms with Gasteiger partial charge in [-0.25, -0.2) is 4.79 Å². The lowest BCUT2D eigenvalue weighted by Gasteiger charge is -2.30. The second-order valence-corrected chi connectivity index (χ2v) is 9.57. The highest BCUT2D eigenvalue weighted by molar-refractivity contribution is 7.09. The zero-order valence-electron chi connectivity index (χ0n) is 19.6. The average Bonchev–Trinajstić information content (AvgIpc) is 3.48. The van der Waals surface area contributed by atoms with Crippen molar-refractivity contribution >= 4 is 29.0 Å². The largest absolute Gasteiger partial charge is 0.454 e. The number of carbonyl (C=O) groups excluding carboxylic acids is 2. The zero-order chi connectivity index (χ0) is 24.1. The van der Waals surface area contributed by atoms with Gasteiger partial charge in [0.2, 0.25) is 12.7 Å². The highest BCUT2D eigenvalue weighted by Gasteiger charge is 2.25. The lowest BCUT2D eigenvalue weighted by molar-refractivity contribution is -0.133.